The SMILES string of the molecule is CC(C)C(=O)Nc1ccc(C(=O)NCCNS(=O)(=O)c2ccc(F)cc2F)cc1. The number of hydrogen-bond donors (Lipinski definition) is 3. The Balaban J connectivity index is 1.85. The molecule has 2 aromatic carbocycles. The highest BCUT2D eigenvalue weighted by Gasteiger charge is 2.19. The van der Waals surface area contributed by atoms with Crippen molar-refractivity contribution in [3.63, 3.8) is 0 Å². The van der Waals surface area contributed by atoms with Crippen LogP contribution in [-0.2, 0) is 14.8 Å². The second kappa shape index (κ2) is 9.57. The van der Waals surface area contributed by atoms with Gasteiger partial charge in [0.2, 0.25) is 15.9 Å². The Bertz CT molecular complexity index is 993. The first-order valence-corrected chi connectivity index (χ1v) is 10.2. The predicted molar refractivity (Wildman–Crippen MR) is 104 cm³/mol. The Kier molecular flexibility index (Phi) is 7.40. The van der Waals surface area contributed by atoms with Gasteiger partial charge in [0.15, 0.2) is 0 Å². The van der Waals surface area contributed by atoms with E-state index in [9.17, 15) is 26.8 Å². The van der Waals surface area contributed by atoms with Crippen LogP contribution < -0.4 is 15.4 Å². The summed E-state index contributed by atoms with van der Waals surface area (Å²) >= 11 is 0. The molecular weight excluding hydrogens is 404 g/mol. The first kappa shape index (κ1) is 22.4. The topological polar surface area (TPSA) is 104 Å². The number of carbonyl (C=O) groups excluding carboxylic acids is 2. The zero-order valence-electron chi connectivity index (χ0n) is 15.8. The number of nitrogens with one attached hydrogen (secondary N) is 3. The van der Waals surface area contributed by atoms with E-state index in [1.54, 1.807) is 26.0 Å². The molecule has 0 radical (unpaired) electrons. The van der Waals surface area contributed by atoms with Crippen molar-refractivity contribution in [2.75, 3.05) is 18.4 Å². The lowest BCUT2D eigenvalue weighted by atomic mass is 10.1. The van der Waals surface area contributed by atoms with Crippen LogP contribution in [0.5, 0.6) is 0 Å². The van der Waals surface area contributed by atoms with Gasteiger partial charge in [-0.05, 0) is 36.4 Å². The number of rotatable bonds is 8. The fraction of sp³-hybridized carbons (Fsp3) is 0.263. The van der Waals surface area contributed by atoms with Crippen LogP contribution in [0, 0.1) is 17.6 Å². The molecule has 156 valence electrons. The summed E-state index contributed by atoms with van der Waals surface area (Å²) < 4.78 is 52.7. The van der Waals surface area contributed by atoms with Gasteiger partial charge in [-0.25, -0.2) is 21.9 Å². The lowest BCUT2D eigenvalue weighted by Crippen LogP contribution is -2.35. The number of amides is 2. The number of benzene rings is 2. The average Bonchev–Trinajstić information content (AvgIpc) is 2.65. The van der Waals surface area contributed by atoms with Crippen molar-refractivity contribution in [1.29, 1.82) is 0 Å². The summed E-state index contributed by atoms with van der Waals surface area (Å²) in [5.41, 5.74) is 0.870. The van der Waals surface area contributed by atoms with Crippen LogP contribution in [0.25, 0.3) is 0 Å². The molecule has 0 aliphatic rings. The molecule has 29 heavy (non-hydrogen) atoms. The summed E-state index contributed by atoms with van der Waals surface area (Å²) in [5.74, 6) is -2.86. The minimum absolute atomic E-state index is 0.0489. The molecule has 0 spiro atoms. The number of carbonyl (C=O) groups is 2. The predicted octanol–water partition coefficient (Wildman–Crippen LogP) is 2.27. The maximum Gasteiger partial charge on any atom is 0.251 e. The van der Waals surface area contributed by atoms with Crippen molar-refractivity contribution in [3.05, 3.63) is 59.7 Å². The van der Waals surface area contributed by atoms with E-state index >= 15 is 0 Å². The highest BCUT2D eigenvalue weighted by molar-refractivity contribution is 7.89. The molecule has 7 nitrogen and oxygen atoms in total. The van der Waals surface area contributed by atoms with Crippen LogP contribution in [0.15, 0.2) is 47.4 Å². The molecule has 0 bridgehead atoms. The Morgan fingerprint density at radius 1 is 1.00 bits per heavy atom. The van der Waals surface area contributed by atoms with Gasteiger partial charge in [0, 0.05) is 36.3 Å². The van der Waals surface area contributed by atoms with Crippen molar-refractivity contribution in [2.24, 2.45) is 5.92 Å². The summed E-state index contributed by atoms with van der Waals surface area (Å²) in [6, 6.07) is 8.33. The maximum absolute atomic E-state index is 13.6. The molecule has 0 heterocycles. The summed E-state index contributed by atoms with van der Waals surface area (Å²) in [5, 5.41) is 5.22. The number of anilines is 1. The van der Waals surface area contributed by atoms with E-state index in [2.05, 4.69) is 15.4 Å². The average molecular weight is 425 g/mol. The smallest absolute Gasteiger partial charge is 0.251 e. The zero-order chi connectivity index (χ0) is 21.6. The third kappa shape index (κ3) is 6.33. The Labute approximate surface area is 167 Å². The molecular formula is C19H21F2N3O4S. The van der Waals surface area contributed by atoms with E-state index in [4.69, 9.17) is 0 Å². The molecule has 0 aliphatic heterocycles. The molecule has 0 aliphatic carbocycles. The third-order valence-corrected chi connectivity index (χ3v) is 5.32. The van der Waals surface area contributed by atoms with Gasteiger partial charge in [0.05, 0.1) is 0 Å². The first-order chi connectivity index (χ1) is 13.6. The normalized spacial score (nSPS) is 11.3. The van der Waals surface area contributed by atoms with Gasteiger partial charge < -0.3 is 10.6 Å². The van der Waals surface area contributed by atoms with Crippen molar-refractivity contribution in [1.82, 2.24) is 10.0 Å². The second-order valence-electron chi connectivity index (χ2n) is 6.45. The number of halogens is 2. The molecule has 0 unspecified atom stereocenters. The van der Waals surface area contributed by atoms with Crippen molar-refractivity contribution in [3.8, 4) is 0 Å². The number of sulfonamides is 1. The lowest BCUT2D eigenvalue weighted by molar-refractivity contribution is -0.118. The van der Waals surface area contributed by atoms with Gasteiger partial charge in [-0.3, -0.25) is 9.59 Å². The molecule has 0 saturated carbocycles. The molecule has 10 heteroatoms. The van der Waals surface area contributed by atoms with Crippen LogP contribution in [0.4, 0.5) is 14.5 Å². The van der Waals surface area contributed by atoms with Gasteiger partial charge >= 0.3 is 0 Å². The molecule has 3 N–H and O–H groups in total. The van der Waals surface area contributed by atoms with E-state index in [1.807, 2.05) is 0 Å². The number of hydrogen-bond acceptors (Lipinski definition) is 4. The van der Waals surface area contributed by atoms with Gasteiger partial charge in [0.25, 0.3) is 5.91 Å². The highest BCUT2D eigenvalue weighted by Crippen LogP contribution is 2.15. The molecule has 0 aromatic heterocycles. The van der Waals surface area contributed by atoms with E-state index < -0.39 is 32.5 Å². The fourth-order valence-corrected chi connectivity index (χ4v) is 3.32. The molecule has 0 saturated heterocycles. The quantitative estimate of drug-likeness (QED) is 0.565. The minimum Gasteiger partial charge on any atom is -0.351 e. The van der Waals surface area contributed by atoms with E-state index in [1.165, 1.54) is 12.1 Å². The van der Waals surface area contributed by atoms with Crippen LogP contribution in [-0.4, -0.2) is 33.3 Å². The highest BCUT2D eigenvalue weighted by atomic mass is 32.2. The van der Waals surface area contributed by atoms with Gasteiger partial charge in [0.1, 0.15) is 16.5 Å². The first-order valence-electron chi connectivity index (χ1n) is 8.74. The Hall–Kier alpha value is -2.85. The largest absolute Gasteiger partial charge is 0.351 e. The van der Waals surface area contributed by atoms with Crippen molar-refractivity contribution < 1.29 is 26.8 Å². The summed E-state index contributed by atoms with van der Waals surface area (Å²) in [6.07, 6.45) is 0. The molecule has 0 fully saturated rings. The van der Waals surface area contributed by atoms with Gasteiger partial charge in [-0.2, -0.15) is 0 Å². The van der Waals surface area contributed by atoms with Crippen LogP contribution in [0.1, 0.15) is 24.2 Å². The third-order valence-electron chi connectivity index (χ3n) is 3.83. The summed E-state index contributed by atoms with van der Waals surface area (Å²) in [7, 11) is -4.18. The van der Waals surface area contributed by atoms with Crippen molar-refractivity contribution >= 4 is 27.5 Å². The molecule has 2 aromatic rings. The second-order valence-corrected chi connectivity index (χ2v) is 8.19. The zero-order valence-corrected chi connectivity index (χ0v) is 16.6. The molecule has 2 amide bonds. The van der Waals surface area contributed by atoms with E-state index in [0.29, 0.717) is 17.3 Å². The van der Waals surface area contributed by atoms with Gasteiger partial charge in [-0.15, -0.1) is 0 Å². The standard InChI is InChI=1S/C19H21F2N3O4S/c1-12(2)18(25)24-15-6-3-13(4-7-15)19(26)22-9-10-23-29(27,28)17-8-5-14(20)11-16(17)21/h3-8,11-12,23H,9-10H2,1-2H3,(H,22,26)(H,24,25). The molecule has 0 atom stereocenters. The van der Waals surface area contributed by atoms with E-state index in [0.717, 1.165) is 12.1 Å². The summed E-state index contributed by atoms with van der Waals surface area (Å²) in [4.78, 5) is 23.1. The van der Waals surface area contributed by atoms with Crippen LogP contribution in [0.2, 0.25) is 0 Å². The van der Waals surface area contributed by atoms with Gasteiger partial charge in [-0.1, -0.05) is 13.8 Å². The van der Waals surface area contributed by atoms with Crippen LogP contribution >= 0.6 is 0 Å². The fourth-order valence-electron chi connectivity index (χ4n) is 2.23. The van der Waals surface area contributed by atoms with Crippen molar-refractivity contribution in [2.45, 2.75) is 18.7 Å². The molecule has 2 rings (SSSR count). The monoisotopic (exact) mass is 425 g/mol. The Morgan fingerprint density at radius 2 is 1.66 bits per heavy atom. The maximum atomic E-state index is 13.6. The lowest BCUT2D eigenvalue weighted by Gasteiger charge is -2.10. The van der Waals surface area contributed by atoms with Crippen LogP contribution in [0.3, 0.4) is 0 Å². The Morgan fingerprint density at radius 3 is 2.24 bits per heavy atom. The summed E-state index contributed by atoms with van der Waals surface area (Å²) in [6.45, 7) is 3.28. The minimum atomic E-state index is -4.18. The van der Waals surface area contributed by atoms with E-state index in [-0.39, 0.29) is 24.9 Å².